The Morgan fingerprint density at radius 3 is 2.82 bits per heavy atom. The van der Waals surface area contributed by atoms with Gasteiger partial charge in [0.05, 0.1) is 10.6 Å². The van der Waals surface area contributed by atoms with Crippen LogP contribution < -0.4 is 16.8 Å². The molecule has 1 amide bonds. The Morgan fingerprint density at radius 1 is 1.29 bits per heavy atom. The molecule has 0 aliphatic rings. The quantitative estimate of drug-likeness (QED) is 0.278. The van der Waals surface area contributed by atoms with Crippen molar-refractivity contribution in [2.45, 2.75) is 13.3 Å². The molecule has 0 aliphatic heterocycles. The summed E-state index contributed by atoms with van der Waals surface area (Å²) in [6, 6.07) is 9.20. The van der Waals surface area contributed by atoms with E-state index in [0.29, 0.717) is 40.6 Å². The molecule has 7 nitrogen and oxygen atoms in total. The molecule has 0 saturated heterocycles. The number of pyridine rings is 1. The highest BCUT2D eigenvalue weighted by Crippen LogP contribution is 2.32. The standard InChI is InChI=1S/C20H22N6OS/c1-12-5-2-7-14(15(12)22)16(23)20-26-17(19(27)25-10-4-8-21)18(28-20)13-6-3-9-24-11-13/h2-3,5-7,9,11,23H,4,8,10,21-22H2,1H3,(H,25,27). The second-order valence-corrected chi connectivity index (χ2v) is 7.25. The highest BCUT2D eigenvalue weighted by molar-refractivity contribution is 7.17. The number of benzene rings is 1. The van der Waals surface area contributed by atoms with Crippen LogP contribution in [-0.4, -0.2) is 34.7 Å². The first-order chi connectivity index (χ1) is 13.5. The second kappa shape index (κ2) is 8.73. The first kappa shape index (κ1) is 19.7. The Morgan fingerprint density at radius 2 is 2.11 bits per heavy atom. The summed E-state index contributed by atoms with van der Waals surface area (Å²) >= 11 is 1.28. The Hall–Kier alpha value is -3.10. The fraction of sp³-hybridized carbons (Fsp3) is 0.200. The van der Waals surface area contributed by atoms with Crippen LogP contribution in [0.4, 0.5) is 5.69 Å². The van der Waals surface area contributed by atoms with E-state index in [0.717, 1.165) is 11.1 Å². The van der Waals surface area contributed by atoms with E-state index in [9.17, 15) is 4.79 Å². The Bertz CT molecular complexity index is 999. The van der Waals surface area contributed by atoms with Crippen molar-refractivity contribution in [3.63, 3.8) is 0 Å². The average molecular weight is 395 g/mol. The van der Waals surface area contributed by atoms with E-state index in [1.807, 2.05) is 25.1 Å². The minimum Gasteiger partial charge on any atom is -0.398 e. The number of thiazole rings is 1. The summed E-state index contributed by atoms with van der Waals surface area (Å²) in [4.78, 5) is 22.0. The average Bonchev–Trinajstić information content (AvgIpc) is 3.16. The van der Waals surface area contributed by atoms with Gasteiger partial charge in [0.15, 0.2) is 0 Å². The third-order valence-corrected chi connectivity index (χ3v) is 5.36. The normalized spacial score (nSPS) is 10.6. The largest absolute Gasteiger partial charge is 0.398 e. The van der Waals surface area contributed by atoms with Crippen molar-refractivity contribution in [3.05, 3.63) is 64.6 Å². The number of nitrogens with zero attached hydrogens (tertiary/aromatic N) is 2. The minimum absolute atomic E-state index is 0.192. The van der Waals surface area contributed by atoms with Crippen molar-refractivity contribution in [2.75, 3.05) is 18.8 Å². The van der Waals surface area contributed by atoms with Crippen LogP contribution in [0.15, 0.2) is 42.7 Å². The summed E-state index contributed by atoms with van der Waals surface area (Å²) in [5.74, 6) is -0.292. The van der Waals surface area contributed by atoms with Gasteiger partial charge in [-0.3, -0.25) is 15.2 Å². The lowest BCUT2D eigenvalue weighted by molar-refractivity contribution is 0.0950. The van der Waals surface area contributed by atoms with Crippen LogP contribution in [0, 0.1) is 12.3 Å². The molecule has 0 spiro atoms. The van der Waals surface area contributed by atoms with Crippen molar-refractivity contribution in [1.82, 2.24) is 15.3 Å². The molecule has 6 N–H and O–H groups in total. The van der Waals surface area contributed by atoms with Crippen LogP contribution in [-0.2, 0) is 0 Å². The number of nitrogens with one attached hydrogen (secondary N) is 2. The van der Waals surface area contributed by atoms with Gasteiger partial charge in [0.1, 0.15) is 10.7 Å². The number of carbonyl (C=O) groups is 1. The molecule has 2 heterocycles. The molecule has 0 saturated carbocycles. The smallest absolute Gasteiger partial charge is 0.271 e. The molecular formula is C20H22N6OS. The first-order valence-corrected chi connectivity index (χ1v) is 9.68. The van der Waals surface area contributed by atoms with Crippen molar-refractivity contribution in [1.29, 1.82) is 5.41 Å². The molecule has 0 fully saturated rings. The molecule has 1 aromatic carbocycles. The predicted molar refractivity (Wildman–Crippen MR) is 113 cm³/mol. The van der Waals surface area contributed by atoms with Gasteiger partial charge >= 0.3 is 0 Å². The molecule has 3 rings (SSSR count). The first-order valence-electron chi connectivity index (χ1n) is 8.86. The van der Waals surface area contributed by atoms with Gasteiger partial charge in [-0.2, -0.15) is 0 Å². The molecule has 144 valence electrons. The number of carbonyl (C=O) groups excluding carboxylic acids is 1. The summed E-state index contributed by atoms with van der Waals surface area (Å²) in [5.41, 5.74) is 14.9. The van der Waals surface area contributed by atoms with Crippen LogP contribution in [0.25, 0.3) is 10.4 Å². The van der Waals surface area contributed by atoms with Gasteiger partial charge in [-0.25, -0.2) is 4.98 Å². The number of rotatable bonds is 7. The Labute approximate surface area is 167 Å². The summed E-state index contributed by atoms with van der Waals surface area (Å²) in [6.07, 6.45) is 4.03. The maximum Gasteiger partial charge on any atom is 0.271 e. The topological polar surface area (TPSA) is 131 Å². The van der Waals surface area contributed by atoms with Gasteiger partial charge in [-0.1, -0.05) is 24.3 Å². The summed E-state index contributed by atoms with van der Waals surface area (Å²) < 4.78 is 0. The zero-order valence-corrected chi connectivity index (χ0v) is 16.3. The maximum atomic E-state index is 12.7. The van der Waals surface area contributed by atoms with Gasteiger partial charge in [0, 0.05) is 35.8 Å². The zero-order chi connectivity index (χ0) is 20.1. The zero-order valence-electron chi connectivity index (χ0n) is 15.5. The van der Waals surface area contributed by atoms with Crippen LogP contribution in [0.3, 0.4) is 0 Å². The lowest BCUT2D eigenvalue weighted by Gasteiger charge is -2.07. The van der Waals surface area contributed by atoms with Crippen molar-refractivity contribution >= 4 is 28.6 Å². The number of hydrogen-bond donors (Lipinski definition) is 4. The highest BCUT2D eigenvalue weighted by Gasteiger charge is 2.22. The molecule has 0 radical (unpaired) electrons. The van der Waals surface area contributed by atoms with Gasteiger partial charge in [-0.15, -0.1) is 11.3 Å². The number of aromatic nitrogens is 2. The van der Waals surface area contributed by atoms with E-state index in [2.05, 4.69) is 15.3 Å². The number of para-hydroxylation sites is 1. The lowest BCUT2D eigenvalue weighted by Crippen LogP contribution is -2.26. The van der Waals surface area contributed by atoms with Crippen molar-refractivity contribution in [2.24, 2.45) is 5.73 Å². The van der Waals surface area contributed by atoms with E-state index < -0.39 is 0 Å². The number of nitrogen functional groups attached to an aromatic ring is 1. The van der Waals surface area contributed by atoms with Crippen LogP contribution in [0.1, 0.15) is 33.0 Å². The fourth-order valence-corrected chi connectivity index (χ4v) is 3.69. The van der Waals surface area contributed by atoms with E-state index in [4.69, 9.17) is 16.9 Å². The second-order valence-electron chi connectivity index (χ2n) is 6.25. The fourth-order valence-electron chi connectivity index (χ4n) is 2.68. The lowest BCUT2D eigenvalue weighted by atomic mass is 10.0. The number of hydrogen-bond acceptors (Lipinski definition) is 7. The highest BCUT2D eigenvalue weighted by atomic mass is 32.1. The SMILES string of the molecule is Cc1cccc(C(=N)c2nc(C(=O)NCCCN)c(-c3cccnc3)s2)c1N. The van der Waals surface area contributed by atoms with E-state index >= 15 is 0 Å². The van der Waals surface area contributed by atoms with Crippen LogP contribution in [0.5, 0.6) is 0 Å². The molecule has 0 aliphatic carbocycles. The third kappa shape index (κ3) is 4.08. The molecular weight excluding hydrogens is 372 g/mol. The van der Waals surface area contributed by atoms with Crippen LogP contribution >= 0.6 is 11.3 Å². The maximum absolute atomic E-state index is 12.7. The van der Waals surface area contributed by atoms with Crippen molar-refractivity contribution in [3.8, 4) is 10.4 Å². The number of anilines is 1. The number of nitrogens with two attached hydrogens (primary N) is 2. The molecule has 0 unspecified atom stereocenters. The van der Waals surface area contributed by atoms with Gasteiger partial charge in [0.2, 0.25) is 0 Å². The number of amides is 1. The minimum atomic E-state index is -0.292. The Kier molecular flexibility index (Phi) is 6.13. The molecule has 0 atom stereocenters. The van der Waals surface area contributed by atoms with Crippen LogP contribution in [0.2, 0.25) is 0 Å². The predicted octanol–water partition coefficient (Wildman–Crippen LogP) is 2.59. The summed E-state index contributed by atoms with van der Waals surface area (Å²) in [7, 11) is 0. The van der Waals surface area contributed by atoms with E-state index in [1.54, 1.807) is 24.5 Å². The van der Waals surface area contributed by atoms with Gasteiger partial charge in [-0.05, 0) is 31.5 Å². The van der Waals surface area contributed by atoms with E-state index in [-0.39, 0.29) is 17.3 Å². The molecule has 0 bridgehead atoms. The van der Waals surface area contributed by atoms with Gasteiger partial charge < -0.3 is 16.8 Å². The Balaban J connectivity index is 2.02. The van der Waals surface area contributed by atoms with E-state index in [1.165, 1.54) is 11.3 Å². The summed E-state index contributed by atoms with van der Waals surface area (Å²) in [6.45, 7) is 2.86. The molecule has 2 aromatic heterocycles. The van der Waals surface area contributed by atoms with Crippen molar-refractivity contribution < 1.29 is 4.79 Å². The number of aryl methyl sites for hydroxylation is 1. The monoisotopic (exact) mass is 394 g/mol. The molecule has 8 heteroatoms. The summed E-state index contributed by atoms with van der Waals surface area (Å²) in [5, 5.41) is 11.9. The van der Waals surface area contributed by atoms with Gasteiger partial charge in [0.25, 0.3) is 5.91 Å². The molecule has 3 aromatic rings. The molecule has 28 heavy (non-hydrogen) atoms. The third-order valence-electron chi connectivity index (χ3n) is 4.24.